The Bertz CT molecular complexity index is 163. The molecule has 14 heavy (non-hydrogen) atoms. The predicted molar refractivity (Wildman–Crippen MR) is 59.1 cm³/mol. The zero-order chi connectivity index (χ0) is 10.6. The van der Waals surface area contributed by atoms with Gasteiger partial charge in [-0.2, -0.15) is 0 Å². The highest BCUT2D eigenvalue weighted by Crippen LogP contribution is 2.22. The minimum absolute atomic E-state index is 0.318. The molecule has 1 fully saturated rings. The molecule has 0 aromatic carbocycles. The zero-order valence-electron chi connectivity index (χ0n) is 9.45. The van der Waals surface area contributed by atoms with Crippen molar-refractivity contribution in [3.8, 4) is 0 Å². The fraction of sp³-hybridized carbons (Fsp3) is 1.00. The van der Waals surface area contributed by atoms with Gasteiger partial charge in [-0.3, -0.25) is 0 Å². The number of nitrogens with zero attached hydrogens (tertiary/aromatic N) is 1. The summed E-state index contributed by atoms with van der Waals surface area (Å²) in [5.41, 5.74) is 5.38. The maximum Gasteiger partial charge on any atom is 0.0674 e. The summed E-state index contributed by atoms with van der Waals surface area (Å²) >= 11 is 0. The van der Waals surface area contributed by atoms with Gasteiger partial charge in [0.25, 0.3) is 0 Å². The molecule has 0 spiro atoms. The summed E-state index contributed by atoms with van der Waals surface area (Å²) in [5, 5.41) is 9.38. The molecule has 3 unspecified atom stereocenters. The van der Waals surface area contributed by atoms with Gasteiger partial charge in [-0.1, -0.05) is 6.92 Å². The number of rotatable bonds is 4. The van der Waals surface area contributed by atoms with Crippen LogP contribution in [0.3, 0.4) is 0 Å². The molecule has 3 heteroatoms. The Balaban J connectivity index is 2.24. The number of aliphatic hydroxyl groups is 1. The molecule has 0 aromatic rings. The van der Waals surface area contributed by atoms with Crippen molar-refractivity contribution < 1.29 is 5.11 Å². The maximum atomic E-state index is 9.38. The first-order chi connectivity index (χ1) is 6.63. The van der Waals surface area contributed by atoms with E-state index >= 15 is 0 Å². The Hall–Kier alpha value is -0.120. The third kappa shape index (κ3) is 3.56. The Labute approximate surface area is 87.3 Å². The molecular formula is C11H24N2O. The van der Waals surface area contributed by atoms with E-state index in [1.807, 2.05) is 0 Å². The molecule has 1 heterocycles. The van der Waals surface area contributed by atoms with Gasteiger partial charge in [-0.05, 0) is 38.6 Å². The molecule has 3 N–H and O–H groups in total. The Kier molecular flexibility index (Phi) is 4.85. The molecule has 1 aliphatic heterocycles. The number of hydrogen-bond acceptors (Lipinski definition) is 3. The van der Waals surface area contributed by atoms with E-state index in [1.165, 1.54) is 19.4 Å². The fourth-order valence-corrected chi connectivity index (χ4v) is 2.22. The van der Waals surface area contributed by atoms with Gasteiger partial charge < -0.3 is 15.7 Å². The van der Waals surface area contributed by atoms with Gasteiger partial charge in [0.05, 0.1) is 6.10 Å². The van der Waals surface area contributed by atoms with Crippen LogP contribution < -0.4 is 5.73 Å². The molecule has 84 valence electrons. The zero-order valence-corrected chi connectivity index (χ0v) is 9.45. The smallest absolute Gasteiger partial charge is 0.0674 e. The van der Waals surface area contributed by atoms with Crippen LogP contribution in [-0.4, -0.2) is 41.8 Å². The van der Waals surface area contributed by atoms with E-state index < -0.39 is 0 Å². The maximum absolute atomic E-state index is 9.38. The van der Waals surface area contributed by atoms with Crippen molar-refractivity contribution in [2.24, 2.45) is 11.7 Å². The summed E-state index contributed by atoms with van der Waals surface area (Å²) in [6.45, 7) is 7.16. The second-order valence-electron chi connectivity index (χ2n) is 4.69. The Morgan fingerprint density at radius 1 is 1.50 bits per heavy atom. The van der Waals surface area contributed by atoms with E-state index in [4.69, 9.17) is 5.73 Å². The van der Waals surface area contributed by atoms with Crippen LogP contribution in [0, 0.1) is 5.92 Å². The van der Waals surface area contributed by atoms with Gasteiger partial charge in [-0.25, -0.2) is 0 Å². The van der Waals surface area contributed by atoms with Crippen LogP contribution in [-0.2, 0) is 0 Å². The first-order valence-corrected chi connectivity index (χ1v) is 5.75. The third-order valence-corrected chi connectivity index (χ3v) is 3.30. The second kappa shape index (κ2) is 5.69. The lowest BCUT2D eigenvalue weighted by Crippen LogP contribution is -2.42. The van der Waals surface area contributed by atoms with Crippen molar-refractivity contribution in [2.75, 3.05) is 19.6 Å². The van der Waals surface area contributed by atoms with Crippen LogP contribution in [0.1, 0.15) is 33.1 Å². The molecule has 0 bridgehead atoms. The molecule has 0 aliphatic carbocycles. The molecular weight excluding hydrogens is 176 g/mol. The highest BCUT2D eigenvalue weighted by atomic mass is 16.3. The minimum atomic E-state index is -0.318. The highest BCUT2D eigenvalue weighted by Gasteiger charge is 2.22. The predicted octanol–water partition coefficient (Wildman–Crippen LogP) is 0.816. The van der Waals surface area contributed by atoms with Gasteiger partial charge >= 0.3 is 0 Å². The number of likely N-dealkylation sites (tertiary alicyclic amines) is 1. The number of hydrogen-bond donors (Lipinski definition) is 2. The van der Waals surface area contributed by atoms with Crippen LogP contribution in [0.2, 0.25) is 0 Å². The average Bonchev–Trinajstić information content (AvgIpc) is 2.16. The lowest BCUT2D eigenvalue weighted by atomic mass is 9.93. The summed E-state index contributed by atoms with van der Waals surface area (Å²) in [5.74, 6) is 0.862. The van der Waals surface area contributed by atoms with Gasteiger partial charge in [0.1, 0.15) is 0 Å². The molecule has 0 amide bonds. The molecule has 3 atom stereocenters. The van der Waals surface area contributed by atoms with Crippen molar-refractivity contribution >= 4 is 0 Å². The first-order valence-electron chi connectivity index (χ1n) is 5.75. The molecule has 0 radical (unpaired) electrons. The topological polar surface area (TPSA) is 49.5 Å². The monoisotopic (exact) mass is 200 g/mol. The largest absolute Gasteiger partial charge is 0.392 e. The SMILES string of the molecule is CC1CCN(CCC(O)CN)C(C)C1. The molecule has 3 nitrogen and oxygen atoms in total. The molecule has 1 saturated heterocycles. The van der Waals surface area contributed by atoms with Crippen LogP contribution in [0.5, 0.6) is 0 Å². The Morgan fingerprint density at radius 3 is 2.79 bits per heavy atom. The van der Waals surface area contributed by atoms with Crippen molar-refractivity contribution in [2.45, 2.75) is 45.3 Å². The lowest BCUT2D eigenvalue weighted by molar-refractivity contribution is 0.0969. The molecule has 0 aromatic heterocycles. The van der Waals surface area contributed by atoms with E-state index in [9.17, 15) is 5.11 Å². The van der Waals surface area contributed by atoms with Crippen LogP contribution >= 0.6 is 0 Å². The normalized spacial score (nSPS) is 31.7. The van der Waals surface area contributed by atoms with Crippen molar-refractivity contribution in [3.63, 3.8) is 0 Å². The summed E-state index contributed by atoms with van der Waals surface area (Å²) in [7, 11) is 0. The van der Waals surface area contributed by atoms with Gasteiger partial charge in [0.2, 0.25) is 0 Å². The van der Waals surface area contributed by atoms with Crippen molar-refractivity contribution in [3.05, 3.63) is 0 Å². The van der Waals surface area contributed by atoms with E-state index in [-0.39, 0.29) is 6.10 Å². The summed E-state index contributed by atoms with van der Waals surface area (Å²) in [6.07, 6.45) is 3.08. The summed E-state index contributed by atoms with van der Waals surface area (Å²) in [6, 6.07) is 0.670. The van der Waals surface area contributed by atoms with Crippen molar-refractivity contribution in [1.29, 1.82) is 0 Å². The Morgan fingerprint density at radius 2 is 2.21 bits per heavy atom. The average molecular weight is 200 g/mol. The molecule has 1 aliphatic rings. The van der Waals surface area contributed by atoms with Gasteiger partial charge in [0.15, 0.2) is 0 Å². The fourth-order valence-electron chi connectivity index (χ4n) is 2.22. The van der Waals surface area contributed by atoms with E-state index in [0.29, 0.717) is 12.6 Å². The number of nitrogens with two attached hydrogens (primary N) is 1. The van der Waals surface area contributed by atoms with Crippen LogP contribution in [0.25, 0.3) is 0 Å². The van der Waals surface area contributed by atoms with Crippen LogP contribution in [0.15, 0.2) is 0 Å². The summed E-state index contributed by atoms with van der Waals surface area (Å²) in [4.78, 5) is 2.47. The van der Waals surface area contributed by atoms with Crippen molar-refractivity contribution in [1.82, 2.24) is 4.90 Å². The van der Waals surface area contributed by atoms with Gasteiger partial charge in [0, 0.05) is 19.1 Å². The quantitative estimate of drug-likeness (QED) is 0.706. The number of aliphatic hydroxyl groups excluding tert-OH is 1. The van der Waals surface area contributed by atoms with E-state index in [0.717, 1.165) is 18.9 Å². The lowest BCUT2D eigenvalue weighted by Gasteiger charge is -2.36. The third-order valence-electron chi connectivity index (χ3n) is 3.30. The minimum Gasteiger partial charge on any atom is -0.392 e. The second-order valence-corrected chi connectivity index (χ2v) is 4.69. The standard InChI is InChI=1S/C11H24N2O/c1-9-3-5-13(10(2)7-9)6-4-11(14)8-12/h9-11,14H,3-8,12H2,1-2H3. The van der Waals surface area contributed by atoms with Crippen LogP contribution in [0.4, 0.5) is 0 Å². The number of piperidine rings is 1. The summed E-state index contributed by atoms with van der Waals surface area (Å²) < 4.78 is 0. The first kappa shape index (κ1) is 12.0. The molecule has 0 saturated carbocycles. The highest BCUT2D eigenvalue weighted by molar-refractivity contribution is 4.77. The van der Waals surface area contributed by atoms with Gasteiger partial charge in [-0.15, -0.1) is 0 Å². The van der Waals surface area contributed by atoms with E-state index in [1.54, 1.807) is 0 Å². The van der Waals surface area contributed by atoms with E-state index in [2.05, 4.69) is 18.7 Å². The molecule has 1 rings (SSSR count).